The molecule has 0 aromatic heterocycles. The van der Waals surface area contributed by atoms with Crippen LogP contribution in [0.15, 0.2) is 24.3 Å². The fraction of sp³-hybridized carbons (Fsp3) is 0.533. The molecule has 0 heterocycles. The predicted molar refractivity (Wildman–Crippen MR) is 71.6 cm³/mol. The van der Waals surface area contributed by atoms with Crippen molar-refractivity contribution in [3.8, 4) is 0 Å². The average molecular weight is 247 g/mol. The normalized spacial score (nSPS) is 18.2. The second kappa shape index (κ2) is 5.11. The molecular formula is C15H21NO2. The van der Waals surface area contributed by atoms with Gasteiger partial charge in [-0.2, -0.15) is 0 Å². The molecular weight excluding hydrogens is 226 g/mol. The Morgan fingerprint density at radius 1 is 1.50 bits per heavy atom. The molecule has 0 bridgehead atoms. The van der Waals surface area contributed by atoms with E-state index < -0.39 is 0 Å². The van der Waals surface area contributed by atoms with Gasteiger partial charge in [-0.3, -0.25) is 4.79 Å². The summed E-state index contributed by atoms with van der Waals surface area (Å²) in [6.07, 6.45) is 1.89. The number of hydrogen-bond donors (Lipinski definition) is 1. The van der Waals surface area contributed by atoms with E-state index in [0.717, 1.165) is 18.4 Å². The molecule has 0 spiro atoms. The lowest BCUT2D eigenvalue weighted by Gasteiger charge is -2.20. The smallest absolute Gasteiger partial charge is 0.230 e. The molecule has 0 radical (unpaired) electrons. The summed E-state index contributed by atoms with van der Waals surface area (Å²) in [6, 6.07) is 8.32. The Hall–Kier alpha value is -1.35. The van der Waals surface area contributed by atoms with E-state index in [9.17, 15) is 4.79 Å². The number of amides is 1. The Morgan fingerprint density at radius 2 is 2.22 bits per heavy atom. The third-order valence-electron chi connectivity index (χ3n) is 3.55. The number of benzene rings is 1. The summed E-state index contributed by atoms with van der Waals surface area (Å²) in [6.45, 7) is 4.58. The van der Waals surface area contributed by atoms with Crippen LogP contribution in [0, 0.1) is 6.92 Å². The number of aryl methyl sites for hydroxylation is 1. The van der Waals surface area contributed by atoms with Crippen LogP contribution in [0.25, 0.3) is 0 Å². The van der Waals surface area contributed by atoms with E-state index in [0.29, 0.717) is 6.61 Å². The molecule has 1 unspecified atom stereocenters. The zero-order valence-corrected chi connectivity index (χ0v) is 11.3. The largest absolute Gasteiger partial charge is 0.383 e. The van der Waals surface area contributed by atoms with E-state index in [1.165, 1.54) is 5.56 Å². The Balaban J connectivity index is 2.10. The number of carbonyl (C=O) groups excluding carboxylic acids is 1. The van der Waals surface area contributed by atoms with Crippen molar-refractivity contribution >= 4 is 5.91 Å². The summed E-state index contributed by atoms with van der Waals surface area (Å²) < 4.78 is 5.05. The maximum Gasteiger partial charge on any atom is 0.230 e. The Labute approximate surface area is 109 Å². The number of ether oxygens (including phenoxy) is 1. The standard InChI is InChI=1S/C15H21NO2/c1-11-5-4-6-13(9-11)15(7-8-15)14(17)16-12(2)10-18-3/h4-6,9,12H,7-8,10H2,1-3H3,(H,16,17). The van der Waals surface area contributed by atoms with Crippen LogP contribution in [0.1, 0.15) is 30.9 Å². The molecule has 3 nitrogen and oxygen atoms in total. The molecule has 1 aliphatic carbocycles. The van der Waals surface area contributed by atoms with Gasteiger partial charge in [0.15, 0.2) is 0 Å². The minimum absolute atomic E-state index is 0.0600. The van der Waals surface area contributed by atoms with Crippen LogP contribution in [-0.4, -0.2) is 25.7 Å². The van der Waals surface area contributed by atoms with E-state index in [1.54, 1.807) is 7.11 Å². The molecule has 1 saturated carbocycles. The van der Waals surface area contributed by atoms with Crippen molar-refractivity contribution < 1.29 is 9.53 Å². The highest BCUT2D eigenvalue weighted by Gasteiger charge is 2.51. The van der Waals surface area contributed by atoms with Crippen LogP contribution in [0.3, 0.4) is 0 Å². The summed E-state index contributed by atoms with van der Waals surface area (Å²) >= 11 is 0. The molecule has 1 aromatic carbocycles. The SMILES string of the molecule is COCC(C)NC(=O)C1(c2cccc(C)c2)CC1. The minimum Gasteiger partial charge on any atom is -0.383 e. The molecule has 1 N–H and O–H groups in total. The van der Waals surface area contributed by atoms with Crippen molar-refractivity contribution in [1.29, 1.82) is 0 Å². The van der Waals surface area contributed by atoms with Gasteiger partial charge in [-0.1, -0.05) is 29.8 Å². The maximum atomic E-state index is 12.4. The molecule has 2 rings (SSSR count). The molecule has 1 aromatic rings. The fourth-order valence-corrected chi connectivity index (χ4v) is 2.37. The van der Waals surface area contributed by atoms with Crippen LogP contribution in [0.4, 0.5) is 0 Å². The van der Waals surface area contributed by atoms with Gasteiger partial charge < -0.3 is 10.1 Å². The Bertz CT molecular complexity index is 438. The third-order valence-corrected chi connectivity index (χ3v) is 3.55. The van der Waals surface area contributed by atoms with Gasteiger partial charge in [0.05, 0.1) is 12.0 Å². The maximum absolute atomic E-state index is 12.4. The van der Waals surface area contributed by atoms with Crippen LogP contribution in [0.5, 0.6) is 0 Å². The van der Waals surface area contributed by atoms with E-state index in [2.05, 4.69) is 30.4 Å². The van der Waals surface area contributed by atoms with Gasteiger partial charge in [-0.15, -0.1) is 0 Å². The lowest BCUT2D eigenvalue weighted by Crippen LogP contribution is -2.42. The highest BCUT2D eigenvalue weighted by atomic mass is 16.5. The first-order chi connectivity index (χ1) is 8.58. The zero-order chi connectivity index (χ0) is 13.2. The van der Waals surface area contributed by atoms with Gasteiger partial charge in [0.2, 0.25) is 5.91 Å². The van der Waals surface area contributed by atoms with Crippen LogP contribution in [-0.2, 0) is 14.9 Å². The quantitative estimate of drug-likeness (QED) is 0.866. The van der Waals surface area contributed by atoms with Gasteiger partial charge in [-0.25, -0.2) is 0 Å². The summed E-state index contributed by atoms with van der Waals surface area (Å²) in [7, 11) is 1.65. The monoisotopic (exact) mass is 247 g/mol. The molecule has 1 aliphatic rings. The lowest BCUT2D eigenvalue weighted by atomic mass is 9.93. The summed E-state index contributed by atoms with van der Waals surface area (Å²) in [5, 5.41) is 3.04. The van der Waals surface area contributed by atoms with Gasteiger partial charge in [0.1, 0.15) is 0 Å². The van der Waals surface area contributed by atoms with Gasteiger partial charge in [0.25, 0.3) is 0 Å². The van der Waals surface area contributed by atoms with Gasteiger partial charge in [-0.05, 0) is 32.3 Å². The van der Waals surface area contributed by atoms with Crippen LogP contribution < -0.4 is 5.32 Å². The van der Waals surface area contributed by atoms with Crippen molar-refractivity contribution in [2.45, 2.75) is 38.1 Å². The molecule has 1 atom stereocenters. The summed E-state index contributed by atoms with van der Waals surface area (Å²) in [5.74, 6) is 0.137. The molecule has 18 heavy (non-hydrogen) atoms. The number of rotatable bonds is 5. The Morgan fingerprint density at radius 3 is 2.78 bits per heavy atom. The second-order valence-corrected chi connectivity index (χ2v) is 5.28. The summed E-state index contributed by atoms with van der Waals surface area (Å²) in [4.78, 5) is 12.4. The summed E-state index contributed by atoms with van der Waals surface area (Å²) in [5.41, 5.74) is 2.06. The van der Waals surface area contributed by atoms with Crippen molar-refractivity contribution in [3.63, 3.8) is 0 Å². The van der Waals surface area contributed by atoms with E-state index in [4.69, 9.17) is 4.74 Å². The van der Waals surface area contributed by atoms with Gasteiger partial charge in [0, 0.05) is 13.2 Å². The highest BCUT2D eigenvalue weighted by Crippen LogP contribution is 2.48. The molecule has 0 aliphatic heterocycles. The molecule has 0 saturated heterocycles. The number of nitrogens with one attached hydrogen (secondary N) is 1. The van der Waals surface area contributed by atoms with E-state index in [-0.39, 0.29) is 17.4 Å². The van der Waals surface area contributed by atoms with Crippen molar-refractivity contribution in [2.75, 3.05) is 13.7 Å². The minimum atomic E-state index is -0.284. The average Bonchev–Trinajstić information content (AvgIpc) is 3.10. The van der Waals surface area contributed by atoms with Crippen molar-refractivity contribution in [2.24, 2.45) is 0 Å². The Kier molecular flexibility index (Phi) is 3.71. The van der Waals surface area contributed by atoms with E-state index in [1.807, 2.05) is 13.0 Å². The number of carbonyl (C=O) groups is 1. The molecule has 3 heteroatoms. The topological polar surface area (TPSA) is 38.3 Å². The molecule has 1 amide bonds. The molecule has 1 fully saturated rings. The lowest BCUT2D eigenvalue weighted by molar-refractivity contribution is -0.124. The second-order valence-electron chi connectivity index (χ2n) is 5.28. The zero-order valence-electron chi connectivity index (χ0n) is 11.3. The fourth-order valence-electron chi connectivity index (χ4n) is 2.37. The number of methoxy groups -OCH3 is 1. The number of hydrogen-bond acceptors (Lipinski definition) is 2. The van der Waals surface area contributed by atoms with Crippen LogP contribution >= 0.6 is 0 Å². The van der Waals surface area contributed by atoms with Crippen molar-refractivity contribution in [1.82, 2.24) is 5.32 Å². The first kappa shape index (κ1) is 13.1. The third kappa shape index (κ3) is 2.56. The highest BCUT2D eigenvalue weighted by molar-refractivity contribution is 5.91. The molecule has 98 valence electrons. The van der Waals surface area contributed by atoms with Gasteiger partial charge >= 0.3 is 0 Å². The first-order valence-corrected chi connectivity index (χ1v) is 6.45. The first-order valence-electron chi connectivity index (χ1n) is 6.45. The predicted octanol–water partition coefficient (Wildman–Crippen LogP) is 2.18. The van der Waals surface area contributed by atoms with Crippen molar-refractivity contribution in [3.05, 3.63) is 35.4 Å². The van der Waals surface area contributed by atoms with Crippen LogP contribution in [0.2, 0.25) is 0 Å². The van der Waals surface area contributed by atoms with E-state index >= 15 is 0 Å².